The molecule has 21 heavy (non-hydrogen) atoms. The summed E-state index contributed by atoms with van der Waals surface area (Å²) < 4.78 is 25.3. The molecule has 1 aromatic heterocycles. The number of aryl methyl sites for hydroxylation is 1. The van der Waals surface area contributed by atoms with Gasteiger partial charge in [-0.15, -0.1) is 0 Å². The monoisotopic (exact) mass is 331 g/mol. The van der Waals surface area contributed by atoms with Gasteiger partial charge in [0.1, 0.15) is 17.2 Å². The zero-order valence-corrected chi connectivity index (χ0v) is 12.2. The van der Waals surface area contributed by atoms with Crippen molar-refractivity contribution in [3.8, 4) is 0 Å². The molecule has 0 aliphatic carbocycles. The van der Waals surface area contributed by atoms with Crippen LogP contribution in [0.2, 0.25) is 10.0 Å². The Morgan fingerprint density at radius 3 is 2.57 bits per heavy atom. The third-order valence-corrected chi connectivity index (χ3v) is 3.04. The lowest BCUT2D eigenvalue weighted by Gasteiger charge is -2.08. The summed E-state index contributed by atoms with van der Waals surface area (Å²) in [6, 6.07) is 5.44. The number of amides is 1. The summed E-state index contributed by atoms with van der Waals surface area (Å²) in [6.07, 6.45) is -2.78. The molecule has 0 aliphatic heterocycles. The Morgan fingerprint density at radius 2 is 1.95 bits per heavy atom. The first-order valence-corrected chi connectivity index (χ1v) is 6.52. The fourth-order valence-electron chi connectivity index (χ4n) is 1.60. The molecule has 0 spiro atoms. The number of halogens is 4. The molecule has 8 heteroatoms. The van der Waals surface area contributed by atoms with E-state index in [0.29, 0.717) is 10.7 Å². The van der Waals surface area contributed by atoms with Gasteiger partial charge in [-0.2, -0.15) is 0 Å². The van der Waals surface area contributed by atoms with Gasteiger partial charge in [0.25, 0.3) is 12.3 Å². The van der Waals surface area contributed by atoms with Crippen molar-refractivity contribution in [3.05, 3.63) is 51.5 Å². The van der Waals surface area contributed by atoms with E-state index in [4.69, 9.17) is 23.2 Å². The Labute approximate surface area is 129 Å². The van der Waals surface area contributed by atoms with Gasteiger partial charge in [-0.3, -0.25) is 4.79 Å². The maximum absolute atomic E-state index is 12.7. The second kappa shape index (κ2) is 6.32. The van der Waals surface area contributed by atoms with E-state index >= 15 is 0 Å². The van der Waals surface area contributed by atoms with Crippen molar-refractivity contribution in [3.63, 3.8) is 0 Å². The molecule has 4 nitrogen and oxygen atoms in total. The molecule has 0 radical (unpaired) electrons. The Balaban J connectivity index is 2.28. The largest absolute Gasteiger partial charge is 0.319 e. The van der Waals surface area contributed by atoms with Crippen molar-refractivity contribution in [1.29, 1.82) is 0 Å². The van der Waals surface area contributed by atoms with Gasteiger partial charge >= 0.3 is 0 Å². The molecule has 1 amide bonds. The minimum atomic E-state index is -2.78. The average molecular weight is 332 g/mol. The fourth-order valence-corrected chi connectivity index (χ4v) is 2.05. The summed E-state index contributed by atoms with van der Waals surface area (Å²) in [5.41, 5.74) is -0.361. The van der Waals surface area contributed by atoms with Gasteiger partial charge in [0.05, 0.1) is 10.7 Å². The topological polar surface area (TPSA) is 54.9 Å². The molecule has 1 heterocycles. The van der Waals surface area contributed by atoms with Crippen molar-refractivity contribution in [2.24, 2.45) is 0 Å². The first-order valence-electron chi connectivity index (χ1n) is 5.77. The van der Waals surface area contributed by atoms with Crippen LogP contribution in [0.1, 0.15) is 28.4 Å². The van der Waals surface area contributed by atoms with Crippen molar-refractivity contribution < 1.29 is 13.6 Å². The first-order chi connectivity index (χ1) is 9.86. The summed E-state index contributed by atoms with van der Waals surface area (Å²) in [5.74, 6) is -0.577. The van der Waals surface area contributed by atoms with Crippen molar-refractivity contribution in [1.82, 2.24) is 9.97 Å². The lowest BCUT2D eigenvalue weighted by molar-refractivity contribution is 0.102. The summed E-state index contributed by atoms with van der Waals surface area (Å²) >= 11 is 11.7. The number of hydrogen-bond donors (Lipinski definition) is 1. The standard InChI is InChI=1S/C13H9Cl2F2N3O/c1-6-18-10(12(16)17)5-11(19-6)13(21)20-9-3-2-7(14)4-8(9)15/h2-5,12H,1H3,(H,20,21). The van der Waals surface area contributed by atoms with Crippen molar-refractivity contribution >= 4 is 34.8 Å². The summed E-state index contributed by atoms with van der Waals surface area (Å²) in [5, 5.41) is 3.13. The Morgan fingerprint density at radius 1 is 1.24 bits per heavy atom. The van der Waals surface area contributed by atoms with Crippen LogP contribution in [0.15, 0.2) is 24.3 Å². The van der Waals surface area contributed by atoms with Gasteiger partial charge in [-0.25, -0.2) is 18.7 Å². The SMILES string of the molecule is Cc1nc(C(=O)Nc2ccc(Cl)cc2Cl)cc(C(F)F)n1. The van der Waals surface area contributed by atoms with Crippen LogP contribution >= 0.6 is 23.2 Å². The number of rotatable bonds is 3. The third kappa shape index (κ3) is 3.86. The van der Waals surface area contributed by atoms with Crippen molar-refractivity contribution in [2.45, 2.75) is 13.3 Å². The molecule has 0 saturated carbocycles. The molecule has 1 aromatic carbocycles. The smallest absolute Gasteiger partial charge is 0.280 e. The molecule has 110 valence electrons. The first kappa shape index (κ1) is 15.6. The van der Waals surface area contributed by atoms with Crippen LogP contribution in [-0.2, 0) is 0 Å². The maximum atomic E-state index is 12.7. The average Bonchev–Trinajstić information content (AvgIpc) is 2.41. The van der Waals surface area contributed by atoms with Crippen LogP contribution in [0.25, 0.3) is 0 Å². The van der Waals surface area contributed by atoms with Gasteiger partial charge < -0.3 is 5.32 Å². The van der Waals surface area contributed by atoms with Crippen LogP contribution in [0.4, 0.5) is 14.5 Å². The Hall–Kier alpha value is -1.79. The van der Waals surface area contributed by atoms with Gasteiger partial charge in [-0.1, -0.05) is 23.2 Å². The number of aromatic nitrogens is 2. The highest BCUT2D eigenvalue weighted by atomic mass is 35.5. The molecule has 2 aromatic rings. The molecular formula is C13H9Cl2F2N3O. The molecule has 2 rings (SSSR count). The summed E-state index contributed by atoms with van der Waals surface area (Å²) in [7, 11) is 0. The number of nitrogens with one attached hydrogen (secondary N) is 1. The van der Waals surface area contributed by atoms with Gasteiger partial charge in [0, 0.05) is 5.02 Å². The number of carbonyl (C=O) groups excluding carboxylic acids is 1. The van der Waals surface area contributed by atoms with Gasteiger partial charge in [0.15, 0.2) is 0 Å². The number of hydrogen-bond acceptors (Lipinski definition) is 3. The van der Waals surface area contributed by atoms with E-state index in [0.717, 1.165) is 6.07 Å². The minimum absolute atomic E-state index is 0.0835. The number of benzene rings is 1. The zero-order chi connectivity index (χ0) is 15.6. The lowest BCUT2D eigenvalue weighted by atomic mass is 10.2. The zero-order valence-electron chi connectivity index (χ0n) is 10.7. The minimum Gasteiger partial charge on any atom is -0.319 e. The number of nitrogens with zero attached hydrogens (tertiary/aromatic N) is 2. The molecule has 0 bridgehead atoms. The molecule has 0 atom stereocenters. The van der Waals surface area contributed by atoms with Crippen LogP contribution in [-0.4, -0.2) is 15.9 Å². The third-order valence-electron chi connectivity index (χ3n) is 2.49. The van der Waals surface area contributed by atoms with Gasteiger partial charge in [-0.05, 0) is 31.2 Å². The van der Waals surface area contributed by atoms with E-state index in [9.17, 15) is 13.6 Å². The molecular weight excluding hydrogens is 323 g/mol. The van der Waals surface area contributed by atoms with E-state index in [-0.39, 0.29) is 16.5 Å². The van der Waals surface area contributed by atoms with E-state index in [2.05, 4.69) is 15.3 Å². The molecule has 0 aliphatic rings. The van der Waals surface area contributed by atoms with E-state index in [1.165, 1.54) is 19.1 Å². The number of carbonyl (C=O) groups is 1. The Bertz CT molecular complexity index is 695. The second-order valence-corrected chi connectivity index (χ2v) is 4.95. The quantitative estimate of drug-likeness (QED) is 0.913. The van der Waals surface area contributed by atoms with Crippen molar-refractivity contribution in [2.75, 3.05) is 5.32 Å². The van der Waals surface area contributed by atoms with E-state index in [1.54, 1.807) is 6.07 Å². The maximum Gasteiger partial charge on any atom is 0.280 e. The molecule has 0 fully saturated rings. The summed E-state index contributed by atoms with van der Waals surface area (Å²) in [6.45, 7) is 1.43. The van der Waals surface area contributed by atoms with Crippen LogP contribution in [0.5, 0.6) is 0 Å². The highest BCUT2D eigenvalue weighted by Crippen LogP contribution is 2.26. The van der Waals surface area contributed by atoms with Crippen LogP contribution in [0.3, 0.4) is 0 Å². The van der Waals surface area contributed by atoms with Gasteiger partial charge in [0.2, 0.25) is 0 Å². The Kier molecular flexibility index (Phi) is 4.69. The van der Waals surface area contributed by atoms with E-state index < -0.39 is 18.0 Å². The second-order valence-electron chi connectivity index (χ2n) is 4.10. The normalized spacial score (nSPS) is 10.8. The lowest BCUT2D eigenvalue weighted by Crippen LogP contribution is -2.16. The predicted molar refractivity (Wildman–Crippen MR) is 76.1 cm³/mol. The highest BCUT2D eigenvalue weighted by molar-refractivity contribution is 6.36. The number of alkyl halides is 2. The predicted octanol–water partition coefficient (Wildman–Crippen LogP) is 4.28. The highest BCUT2D eigenvalue weighted by Gasteiger charge is 2.16. The molecule has 1 N–H and O–H groups in total. The fraction of sp³-hybridized carbons (Fsp3) is 0.154. The molecule has 0 saturated heterocycles. The molecule has 0 unspecified atom stereocenters. The van der Waals surface area contributed by atoms with E-state index in [1.807, 2.05) is 0 Å². The van der Waals surface area contributed by atoms with Crippen LogP contribution in [0, 0.1) is 6.92 Å². The van der Waals surface area contributed by atoms with Crippen LogP contribution < -0.4 is 5.32 Å². The summed E-state index contributed by atoms with van der Waals surface area (Å²) in [4.78, 5) is 19.4. The number of anilines is 1.